The summed E-state index contributed by atoms with van der Waals surface area (Å²) in [4.78, 5) is 15.5. The molecule has 0 aliphatic rings. The smallest absolute Gasteiger partial charge is 0.267 e. The van der Waals surface area contributed by atoms with Crippen molar-refractivity contribution in [1.82, 2.24) is 10.3 Å². The molecule has 0 fully saturated rings. The van der Waals surface area contributed by atoms with E-state index in [4.69, 9.17) is 11.0 Å². The summed E-state index contributed by atoms with van der Waals surface area (Å²) in [6, 6.07) is 17.5. The van der Waals surface area contributed by atoms with Crippen LogP contribution < -0.4 is 11.1 Å². The Balaban J connectivity index is 1.72. The lowest BCUT2D eigenvalue weighted by Gasteiger charge is -2.03. The van der Waals surface area contributed by atoms with Gasteiger partial charge in [-0.15, -0.1) is 0 Å². The number of H-pyrrole nitrogens is 1. The van der Waals surface area contributed by atoms with Crippen LogP contribution in [-0.2, 0) is 0 Å². The fraction of sp³-hybridized carbons (Fsp3) is 0.238. The molecule has 0 spiro atoms. The van der Waals surface area contributed by atoms with Gasteiger partial charge < -0.3 is 16.0 Å². The Kier molecular flexibility index (Phi) is 5.67. The number of benzene rings is 2. The first-order valence-electron chi connectivity index (χ1n) is 8.83. The Morgan fingerprint density at radius 2 is 1.81 bits per heavy atom. The van der Waals surface area contributed by atoms with E-state index in [9.17, 15) is 4.79 Å². The minimum atomic E-state index is -0.0890. The second-order valence-corrected chi connectivity index (χ2v) is 6.28. The molecule has 0 saturated heterocycles. The molecule has 5 nitrogen and oxygen atoms in total. The van der Waals surface area contributed by atoms with Gasteiger partial charge in [0.25, 0.3) is 5.91 Å². The van der Waals surface area contributed by atoms with Gasteiger partial charge in [-0.3, -0.25) is 4.79 Å². The van der Waals surface area contributed by atoms with Crippen LogP contribution >= 0.6 is 0 Å². The predicted molar refractivity (Wildman–Crippen MR) is 104 cm³/mol. The van der Waals surface area contributed by atoms with Crippen LogP contribution in [0.15, 0.2) is 48.5 Å². The van der Waals surface area contributed by atoms with Crippen molar-refractivity contribution in [3.63, 3.8) is 0 Å². The second-order valence-electron chi connectivity index (χ2n) is 6.28. The SMILES string of the molecule is N#Cc1ccc(-c2ccc3cc(C(=O)NCCCCCN)[nH]c3c2)cc1. The normalized spacial score (nSPS) is 10.6. The number of nitriles is 1. The molecule has 1 aromatic heterocycles. The van der Waals surface area contributed by atoms with Crippen LogP contribution in [0.4, 0.5) is 0 Å². The minimum Gasteiger partial charge on any atom is -0.351 e. The Morgan fingerprint density at radius 1 is 1.04 bits per heavy atom. The summed E-state index contributed by atoms with van der Waals surface area (Å²) in [5.74, 6) is -0.0890. The van der Waals surface area contributed by atoms with Crippen molar-refractivity contribution in [2.75, 3.05) is 13.1 Å². The number of aromatic amines is 1. The summed E-state index contributed by atoms with van der Waals surface area (Å²) < 4.78 is 0. The lowest BCUT2D eigenvalue weighted by molar-refractivity contribution is 0.0949. The van der Waals surface area contributed by atoms with Gasteiger partial charge in [0.1, 0.15) is 5.69 Å². The number of carbonyl (C=O) groups is 1. The molecule has 3 aromatic rings. The number of aromatic nitrogens is 1. The lowest BCUT2D eigenvalue weighted by Crippen LogP contribution is -2.24. The number of rotatable bonds is 7. The molecule has 26 heavy (non-hydrogen) atoms. The van der Waals surface area contributed by atoms with Crippen molar-refractivity contribution >= 4 is 16.8 Å². The molecule has 1 heterocycles. The zero-order valence-electron chi connectivity index (χ0n) is 14.6. The Hall–Kier alpha value is -3.10. The Labute approximate surface area is 152 Å². The summed E-state index contributed by atoms with van der Waals surface area (Å²) in [5.41, 5.74) is 9.66. The van der Waals surface area contributed by atoms with E-state index in [1.54, 1.807) is 12.1 Å². The van der Waals surface area contributed by atoms with Crippen molar-refractivity contribution in [1.29, 1.82) is 5.26 Å². The third-order valence-electron chi connectivity index (χ3n) is 4.38. The van der Waals surface area contributed by atoms with Crippen LogP contribution in [0.3, 0.4) is 0 Å². The topological polar surface area (TPSA) is 94.7 Å². The van der Waals surface area contributed by atoms with Gasteiger partial charge in [0, 0.05) is 17.4 Å². The van der Waals surface area contributed by atoms with Crippen molar-refractivity contribution in [2.45, 2.75) is 19.3 Å². The molecule has 0 unspecified atom stereocenters. The van der Waals surface area contributed by atoms with Gasteiger partial charge in [0.15, 0.2) is 0 Å². The molecule has 0 radical (unpaired) electrons. The lowest BCUT2D eigenvalue weighted by atomic mass is 10.0. The fourth-order valence-electron chi connectivity index (χ4n) is 2.91. The van der Waals surface area contributed by atoms with Crippen molar-refractivity contribution < 1.29 is 4.79 Å². The molecular formula is C21H22N4O. The number of amides is 1. The van der Waals surface area contributed by atoms with Crippen LogP contribution in [0.25, 0.3) is 22.0 Å². The molecule has 5 heteroatoms. The van der Waals surface area contributed by atoms with E-state index in [0.717, 1.165) is 41.3 Å². The van der Waals surface area contributed by atoms with Gasteiger partial charge in [0.05, 0.1) is 11.6 Å². The number of carbonyl (C=O) groups excluding carboxylic acids is 1. The highest BCUT2D eigenvalue weighted by molar-refractivity contribution is 5.98. The summed E-state index contributed by atoms with van der Waals surface area (Å²) in [6.07, 6.45) is 2.95. The first kappa shape index (κ1) is 17.7. The quantitative estimate of drug-likeness (QED) is 0.571. The van der Waals surface area contributed by atoms with E-state index < -0.39 is 0 Å². The number of unbranched alkanes of at least 4 members (excludes halogenated alkanes) is 2. The number of nitrogens with two attached hydrogens (primary N) is 1. The monoisotopic (exact) mass is 346 g/mol. The second kappa shape index (κ2) is 8.32. The molecule has 0 bridgehead atoms. The average Bonchev–Trinajstić information content (AvgIpc) is 3.11. The molecule has 3 rings (SSSR count). The molecule has 1 amide bonds. The highest BCUT2D eigenvalue weighted by atomic mass is 16.1. The van der Waals surface area contributed by atoms with Gasteiger partial charge in [-0.25, -0.2) is 0 Å². The van der Waals surface area contributed by atoms with E-state index in [1.807, 2.05) is 36.4 Å². The maximum atomic E-state index is 12.3. The standard InChI is InChI=1S/C21H22N4O/c22-10-2-1-3-11-24-21(26)20-13-18-9-8-17(12-19(18)25-20)16-6-4-15(14-23)5-7-16/h4-9,12-13,25H,1-3,10-11,22H2,(H,24,26). The number of hydrogen-bond donors (Lipinski definition) is 3. The van der Waals surface area contributed by atoms with Crippen LogP contribution in [0.1, 0.15) is 35.3 Å². The molecule has 4 N–H and O–H groups in total. The van der Waals surface area contributed by atoms with Gasteiger partial charge in [-0.1, -0.05) is 30.7 Å². The maximum Gasteiger partial charge on any atom is 0.267 e. The minimum absolute atomic E-state index is 0.0890. The van der Waals surface area contributed by atoms with E-state index in [0.29, 0.717) is 24.3 Å². The van der Waals surface area contributed by atoms with Crippen LogP contribution in [-0.4, -0.2) is 24.0 Å². The number of hydrogen-bond acceptors (Lipinski definition) is 3. The largest absolute Gasteiger partial charge is 0.351 e. The first-order valence-corrected chi connectivity index (χ1v) is 8.83. The molecular weight excluding hydrogens is 324 g/mol. The van der Waals surface area contributed by atoms with Gasteiger partial charge in [-0.2, -0.15) is 5.26 Å². The van der Waals surface area contributed by atoms with Gasteiger partial charge in [0.2, 0.25) is 0 Å². The molecule has 0 atom stereocenters. The third-order valence-corrected chi connectivity index (χ3v) is 4.38. The molecule has 0 saturated carbocycles. The number of fused-ring (bicyclic) bond motifs is 1. The number of nitrogens with one attached hydrogen (secondary N) is 2. The van der Waals surface area contributed by atoms with Crippen molar-refractivity contribution in [3.05, 3.63) is 59.8 Å². The summed E-state index contributed by atoms with van der Waals surface area (Å²) in [5, 5.41) is 12.8. The van der Waals surface area contributed by atoms with E-state index in [-0.39, 0.29) is 5.91 Å². The van der Waals surface area contributed by atoms with Crippen LogP contribution in [0, 0.1) is 11.3 Å². The average molecular weight is 346 g/mol. The Morgan fingerprint density at radius 3 is 2.54 bits per heavy atom. The summed E-state index contributed by atoms with van der Waals surface area (Å²) >= 11 is 0. The molecule has 0 aliphatic heterocycles. The zero-order chi connectivity index (χ0) is 18.4. The van der Waals surface area contributed by atoms with Gasteiger partial charge in [-0.05, 0) is 54.8 Å². The Bertz CT molecular complexity index is 935. The third kappa shape index (κ3) is 4.11. The van der Waals surface area contributed by atoms with Crippen LogP contribution in [0.2, 0.25) is 0 Å². The predicted octanol–water partition coefficient (Wildman–Crippen LogP) is 3.57. The number of nitrogens with zero attached hydrogens (tertiary/aromatic N) is 1. The zero-order valence-corrected chi connectivity index (χ0v) is 14.6. The summed E-state index contributed by atoms with van der Waals surface area (Å²) in [7, 11) is 0. The molecule has 2 aromatic carbocycles. The van der Waals surface area contributed by atoms with Crippen molar-refractivity contribution in [2.24, 2.45) is 5.73 Å². The summed E-state index contributed by atoms with van der Waals surface area (Å²) in [6.45, 7) is 1.35. The van der Waals surface area contributed by atoms with Crippen LogP contribution in [0.5, 0.6) is 0 Å². The van der Waals surface area contributed by atoms with E-state index in [1.165, 1.54) is 0 Å². The fourth-order valence-corrected chi connectivity index (χ4v) is 2.91. The maximum absolute atomic E-state index is 12.3. The highest BCUT2D eigenvalue weighted by Gasteiger charge is 2.10. The van der Waals surface area contributed by atoms with E-state index in [2.05, 4.69) is 16.4 Å². The van der Waals surface area contributed by atoms with Gasteiger partial charge >= 0.3 is 0 Å². The van der Waals surface area contributed by atoms with Crippen molar-refractivity contribution in [3.8, 4) is 17.2 Å². The highest BCUT2D eigenvalue weighted by Crippen LogP contribution is 2.25. The molecule has 0 aliphatic carbocycles. The first-order chi connectivity index (χ1) is 12.7. The molecule has 132 valence electrons. The van der Waals surface area contributed by atoms with E-state index >= 15 is 0 Å².